The van der Waals surface area contributed by atoms with Crippen molar-refractivity contribution in [2.45, 2.75) is 13.3 Å². The number of aromatic nitrogens is 1. The van der Waals surface area contributed by atoms with E-state index in [9.17, 15) is 9.59 Å². The van der Waals surface area contributed by atoms with Gasteiger partial charge >= 0.3 is 5.97 Å². The van der Waals surface area contributed by atoms with Crippen molar-refractivity contribution in [3.63, 3.8) is 0 Å². The van der Waals surface area contributed by atoms with Crippen molar-refractivity contribution in [1.29, 1.82) is 0 Å². The molecule has 0 atom stereocenters. The maximum Gasteiger partial charge on any atom is 0.311 e. The number of nitrogens with one attached hydrogen (secondary N) is 1. The Morgan fingerprint density at radius 2 is 2.00 bits per heavy atom. The molecule has 6 nitrogen and oxygen atoms in total. The fraction of sp³-hybridized carbons (Fsp3) is 0.150. The fourth-order valence-electron chi connectivity index (χ4n) is 2.37. The summed E-state index contributed by atoms with van der Waals surface area (Å²) in [5, 5.41) is 4.87. The Balaban J connectivity index is 1.71. The molecule has 0 aliphatic heterocycles. The van der Waals surface area contributed by atoms with Crippen LogP contribution in [-0.4, -0.2) is 23.5 Å². The number of benzene rings is 2. The summed E-state index contributed by atoms with van der Waals surface area (Å²) in [6, 6.07) is 14.3. The summed E-state index contributed by atoms with van der Waals surface area (Å²) < 4.78 is 11.6. The zero-order valence-corrected chi connectivity index (χ0v) is 17.4. The van der Waals surface area contributed by atoms with Gasteiger partial charge in [-0.25, -0.2) is 4.98 Å². The van der Waals surface area contributed by atoms with Crippen LogP contribution in [0.25, 0.3) is 0 Å². The van der Waals surface area contributed by atoms with Crippen LogP contribution in [0, 0.1) is 0 Å². The molecule has 1 aromatic heterocycles. The Hall–Kier alpha value is -2.71. The summed E-state index contributed by atoms with van der Waals surface area (Å²) in [5.74, 6) is 0.350. The minimum atomic E-state index is -0.349. The molecule has 0 aliphatic carbocycles. The highest BCUT2D eigenvalue weighted by atomic mass is 79.9. The number of nitrogens with zero attached hydrogens (tertiary/aromatic N) is 1. The summed E-state index contributed by atoms with van der Waals surface area (Å²) in [6.07, 6.45) is 0.0722. The zero-order valence-electron chi connectivity index (χ0n) is 15.0. The van der Waals surface area contributed by atoms with Crippen LogP contribution < -0.4 is 10.1 Å². The monoisotopic (exact) mass is 460 g/mol. The number of esters is 1. The molecule has 8 heteroatoms. The molecular weight excluding hydrogens is 444 g/mol. The normalized spacial score (nSPS) is 10.4. The lowest BCUT2D eigenvalue weighted by Gasteiger charge is -2.10. The standard InChI is InChI=1S/C20H17BrN2O4S/c1-2-26-18(24)11-14-12-28-20(22-14)23-19(25)16-8-3-4-9-17(16)27-15-7-5-6-13(21)10-15/h3-10,12H,2,11H2,1H3,(H,22,23,25). The van der Waals surface area contributed by atoms with E-state index < -0.39 is 0 Å². The average molecular weight is 461 g/mol. The van der Waals surface area contributed by atoms with E-state index in [1.165, 1.54) is 11.3 Å². The van der Waals surface area contributed by atoms with E-state index in [4.69, 9.17) is 9.47 Å². The van der Waals surface area contributed by atoms with Gasteiger partial charge in [0.15, 0.2) is 5.13 Å². The second-order valence-corrected chi connectivity index (χ2v) is 7.41. The van der Waals surface area contributed by atoms with Crippen molar-refractivity contribution in [2.24, 2.45) is 0 Å². The number of anilines is 1. The molecule has 28 heavy (non-hydrogen) atoms. The number of halogens is 1. The molecule has 0 saturated heterocycles. The van der Waals surface area contributed by atoms with Gasteiger partial charge in [0.1, 0.15) is 11.5 Å². The molecule has 1 heterocycles. The van der Waals surface area contributed by atoms with Gasteiger partial charge in [-0.3, -0.25) is 14.9 Å². The first-order chi connectivity index (χ1) is 13.5. The average Bonchev–Trinajstić information content (AvgIpc) is 3.09. The molecule has 0 fully saturated rings. The fourth-order valence-corrected chi connectivity index (χ4v) is 3.45. The second kappa shape index (κ2) is 9.48. The maximum absolute atomic E-state index is 12.7. The molecule has 0 aliphatic rings. The largest absolute Gasteiger partial charge is 0.466 e. The topological polar surface area (TPSA) is 77.5 Å². The molecule has 1 N–H and O–H groups in total. The highest BCUT2D eigenvalue weighted by molar-refractivity contribution is 9.10. The van der Waals surface area contributed by atoms with E-state index in [0.29, 0.717) is 34.5 Å². The third-order valence-corrected chi connectivity index (χ3v) is 4.86. The number of para-hydroxylation sites is 1. The zero-order chi connectivity index (χ0) is 19.9. The lowest BCUT2D eigenvalue weighted by molar-refractivity contribution is -0.142. The number of hydrogen-bond donors (Lipinski definition) is 1. The number of hydrogen-bond acceptors (Lipinski definition) is 6. The van der Waals surface area contributed by atoms with Crippen LogP contribution in [-0.2, 0) is 16.0 Å². The molecule has 3 rings (SSSR count). The number of thiazole rings is 1. The van der Waals surface area contributed by atoms with Gasteiger partial charge in [0, 0.05) is 9.85 Å². The van der Waals surface area contributed by atoms with Crippen molar-refractivity contribution in [2.75, 3.05) is 11.9 Å². The predicted octanol–water partition coefficient (Wildman–Crippen LogP) is 5.06. The van der Waals surface area contributed by atoms with Crippen LogP contribution in [0.2, 0.25) is 0 Å². The molecular formula is C20H17BrN2O4S. The number of carbonyl (C=O) groups excluding carboxylic acids is 2. The lowest BCUT2D eigenvalue weighted by Crippen LogP contribution is -2.13. The number of amides is 1. The number of ether oxygens (including phenoxy) is 2. The van der Waals surface area contributed by atoms with Gasteiger partial charge in [-0.1, -0.05) is 34.1 Å². The van der Waals surface area contributed by atoms with Crippen LogP contribution in [0.4, 0.5) is 5.13 Å². The first-order valence-corrected chi connectivity index (χ1v) is 10.2. The smallest absolute Gasteiger partial charge is 0.311 e. The second-order valence-electron chi connectivity index (χ2n) is 5.64. The Morgan fingerprint density at radius 1 is 1.18 bits per heavy atom. The van der Waals surface area contributed by atoms with E-state index >= 15 is 0 Å². The van der Waals surface area contributed by atoms with Crippen LogP contribution in [0.3, 0.4) is 0 Å². The van der Waals surface area contributed by atoms with Crippen molar-refractivity contribution in [1.82, 2.24) is 4.98 Å². The quantitative estimate of drug-likeness (QED) is 0.498. The molecule has 1 amide bonds. The Kier molecular flexibility index (Phi) is 6.78. The summed E-state index contributed by atoms with van der Waals surface area (Å²) in [4.78, 5) is 28.5. The molecule has 0 saturated carbocycles. The molecule has 2 aromatic carbocycles. The molecule has 3 aromatic rings. The van der Waals surface area contributed by atoms with Crippen LogP contribution in [0.1, 0.15) is 23.0 Å². The molecule has 0 spiro atoms. The van der Waals surface area contributed by atoms with E-state index in [2.05, 4.69) is 26.2 Å². The van der Waals surface area contributed by atoms with Crippen molar-refractivity contribution < 1.29 is 19.1 Å². The summed E-state index contributed by atoms with van der Waals surface area (Å²) in [7, 11) is 0. The third kappa shape index (κ3) is 5.40. The van der Waals surface area contributed by atoms with E-state index in [1.807, 2.05) is 24.3 Å². The van der Waals surface area contributed by atoms with Gasteiger partial charge in [0.25, 0.3) is 5.91 Å². The first-order valence-electron chi connectivity index (χ1n) is 8.49. The summed E-state index contributed by atoms with van der Waals surface area (Å²) in [6.45, 7) is 2.07. The maximum atomic E-state index is 12.7. The number of rotatable bonds is 7. The summed E-state index contributed by atoms with van der Waals surface area (Å²) >= 11 is 4.64. The molecule has 0 bridgehead atoms. The van der Waals surface area contributed by atoms with Gasteiger partial charge < -0.3 is 9.47 Å². The van der Waals surface area contributed by atoms with Gasteiger partial charge in [-0.15, -0.1) is 11.3 Å². The Morgan fingerprint density at radius 3 is 2.79 bits per heavy atom. The minimum Gasteiger partial charge on any atom is -0.466 e. The van der Waals surface area contributed by atoms with E-state index in [0.717, 1.165) is 4.47 Å². The van der Waals surface area contributed by atoms with Gasteiger partial charge in [0.05, 0.1) is 24.3 Å². The van der Waals surface area contributed by atoms with Gasteiger partial charge in [0.2, 0.25) is 0 Å². The SMILES string of the molecule is CCOC(=O)Cc1csc(NC(=O)c2ccccc2Oc2cccc(Br)c2)n1. The van der Waals surface area contributed by atoms with Crippen molar-refractivity contribution in [3.05, 3.63) is 69.6 Å². The van der Waals surface area contributed by atoms with Crippen molar-refractivity contribution in [3.8, 4) is 11.5 Å². The lowest BCUT2D eigenvalue weighted by atomic mass is 10.2. The minimum absolute atomic E-state index is 0.0722. The molecule has 144 valence electrons. The molecule has 0 radical (unpaired) electrons. The first kappa shape index (κ1) is 20.0. The summed E-state index contributed by atoms with van der Waals surface area (Å²) in [5.41, 5.74) is 0.932. The van der Waals surface area contributed by atoms with Crippen LogP contribution in [0.15, 0.2) is 58.4 Å². The van der Waals surface area contributed by atoms with E-state index in [-0.39, 0.29) is 18.3 Å². The highest BCUT2D eigenvalue weighted by Gasteiger charge is 2.15. The van der Waals surface area contributed by atoms with Crippen LogP contribution >= 0.6 is 27.3 Å². The third-order valence-electron chi connectivity index (χ3n) is 3.56. The van der Waals surface area contributed by atoms with Gasteiger partial charge in [-0.2, -0.15) is 0 Å². The number of carbonyl (C=O) groups is 2. The van der Waals surface area contributed by atoms with Gasteiger partial charge in [-0.05, 0) is 37.3 Å². The van der Waals surface area contributed by atoms with E-state index in [1.54, 1.807) is 36.6 Å². The Labute approximate surface area is 174 Å². The van der Waals surface area contributed by atoms with Crippen molar-refractivity contribution >= 4 is 44.3 Å². The predicted molar refractivity (Wildman–Crippen MR) is 111 cm³/mol. The highest BCUT2D eigenvalue weighted by Crippen LogP contribution is 2.28. The Bertz CT molecular complexity index is 990. The van der Waals surface area contributed by atoms with Crippen LogP contribution in [0.5, 0.6) is 11.5 Å². The molecule has 0 unspecified atom stereocenters.